The average Bonchev–Trinajstić information content (AvgIpc) is 3.17. The van der Waals surface area contributed by atoms with E-state index in [0.29, 0.717) is 11.4 Å². The monoisotopic (exact) mass is 355 g/mol. The molecule has 3 N–H and O–H groups in total. The van der Waals surface area contributed by atoms with E-state index in [1.54, 1.807) is 24.4 Å². The minimum absolute atomic E-state index is 0.111. The Balaban J connectivity index is 1.79. The van der Waals surface area contributed by atoms with Gasteiger partial charge in [0, 0.05) is 6.07 Å². The molecule has 0 fully saturated rings. The lowest BCUT2D eigenvalue weighted by Gasteiger charge is -2.04. The molecule has 3 aromatic heterocycles. The van der Waals surface area contributed by atoms with Crippen LogP contribution in [0.1, 0.15) is 12.5 Å². The number of anilines is 1. The van der Waals surface area contributed by atoms with E-state index in [9.17, 15) is 5.11 Å². The van der Waals surface area contributed by atoms with Crippen molar-refractivity contribution in [3.05, 3.63) is 36.0 Å². The van der Waals surface area contributed by atoms with E-state index >= 15 is 0 Å². The lowest BCUT2D eigenvalue weighted by molar-refractivity contribution is 0.310. The number of nitrogens with two attached hydrogens (primary N) is 1. The maximum atomic E-state index is 9.53. The zero-order chi connectivity index (χ0) is 17.4. The Morgan fingerprint density at radius 2 is 2.20 bits per heavy atom. The summed E-state index contributed by atoms with van der Waals surface area (Å²) in [6, 6.07) is 6.66. The highest BCUT2D eigenvalue weighted by atomic mass is 32.1. The number of thiophene rings is 1. The summed E-state index contributed by atoms with van der Waals surface area (Å²) in [4.78, 5) is 9.60. The van der Waals surface area contributed by atoms with Crippen LogP contribution < -0.4 is 10.5 Å². The van der Waals surface area contributed by atoms with Gasteiger partial charge in [-0.15, -0.1) is 11.3 Å². The molecule has 0 aliphatic heterocycles. The molecule has 8 nitrogen and oxygen atoms in total. The predicted octanol–water partition coefficient (Wildman–Crippen LogP) is 3.38. The second-order valence-corrected chi connectivity index (χ2v) is 6.28. The van der Waals surface area contributed by atoms with Gasteiger partial charge in [-0.2, -0.15) is 4.98 Å². The molecule has 0 atom stereocenters. The molecule has 0 amide bonds. The molecule has 1 aromatic carbocycles. The molecule has 4 aromatic rings. The molecule has 9 heteroatoms. The second-order valence-electron chi connectivity index (χ2n) is 5.23. The highest BCUT2D eigenvalue weighted by Crippen LogP contribution is 2.39. The molecule has 0 spiro atoms. The van der Waals surface area contributed by atoms with E-state index in [1.807, 2.05) is 6.92 Å². The summed E-state index contributed by atoms with van der Waals surface area (Å²) in [6.07, 6.45) is 2.42. The third-order valence-electron chi connectivity index (χ3n) is 3.61. The molecule has 0 saturated carbocycles. The fourth-order valence-corrected chi connectivity index (χ4v) is 3.69. The molecule has 0 bridgehead atoms. The molecular formula is C16H13N5O3S. The van der Waals surface area contributed by atoms with Gasteiger partial charge in [-0.05, 0) is 34.4 Å². The maximum absolute atomic E-state index is 9.53. The normalized spacial score (nSPS) is 11.1. The van der Waals surface area contributed by atoms with Crippen molar-refractivity contribution in [2.45, 2.75) is 13.3 Å². The summed E-state index contributed by atoms with van der Waals surface area (Å²) in [6.45, 7) is 2.02. The summed E-state index contributed by atoms with van der Waals surface area (Å²) in [7, 11) is 0. The van der Waals surface area contributed by atoms with Crippen LogP contribution in [-0.4, -0.2) is 25.4 Å². The number of benzene rings is 1. The van der Waals surface area contributed by atoms with Crippen LogP contribution in [0.5, 0.6) is 17.5 Å². The number of ether oxygens (including phenoxy) is 1. The topological polar surface area (TPSA) is 120 Å². The number of hydrogen-bond acceptors (Lipinski definition) is 9. The molecule has 0 saturated heterocycles. The number of aromatic hydroxyl groups is 1. The number of hydrogen-bond donors (Lipinski definition) is 2. The van der Waals surface area contributed by atoms with Gasteiger partial charge in [0.25, 0.3) is 0 Å². The highest BCUT2D eigenvalue weighted by Gasteiger charge is 2.20. The quantitative estimate of drug-likeness (QED) is 0.571. The van der Waals surface area contributed by atoms with Crippen LogP contribution in [-0.2, 0) is 6.42 Å². The fraction of sp³-hybridized carbons (Fsp3) is 0.125. The van der Waals surface area contributed by atoms with Crippen molar-refractivity contribution in [1.82, 2.24) is 20.3 Å². The Kier molecular flexibility index (Phi) is 3.69. The minimum atomic E-state index is 0.111. The number of phenols is 1. The van der Waals surface area contributed by atoms with Crippen LogP contribution in [0.3, 0.4) is 0 Å². The van der Waals surface area contributed by atoms with Gasteiger partial charge in [0.1, 0.15) is 11.5 Å². The summed E-state index contributed by atoms with van der Waals surface area (Å²) in [5.41, 5.74) is 8.08. The first-order valence-electron chi connectivity index (χ1n) is 7.49. The summed E-state index contributed by atoms with van der Waals surface area (Å²) >= 11 is 1.47. The van der Waals surface area contributed by atoms with Crippen LogP contribution in [0.4, 0.5) is 5.82 Å². The Hall–Kier alpha value is -3.20. The van der Waals surface area contributed by atoms with Gasteiger partial charge in [-0.3, -0.25) is 0 Å². The first-order valence-corrected chi connectivity index (χ1v) is 8.31. The van der Waals surface area contributed by atoms with Gasteiger partial charge >= 0.3 is 6.01 Å². The zero-order valence-corrected chi connectivity index (χ0v) is 13.9. The first kappa shape index (κ1) is 15.3. The first-order chi connectivity index (χ1) is 12.2. The number of phenolic OH excluding ortho intramolecular Hbond substituents is 1. The molecule has 0 unspecified atom stereocenters. The van der Waals surface area contributed by atoms with Crippen LogP contribution >= 0.6 is 11.3 Å². The van der Waals surface area contributed by atoms with E-state index in [2.05, 4.69) is 20.3 Å². The summed E-state index contributed by atoms with van der Waals surface area (Å²) in [5.74, 6) is 0.808. The largest absolute Gasteiger partial charge is 0.508 e. The van der Waals surface area contributed by atoms with E-state index in [-0.39, 0.29) is 17.6 Å². The van der Waals surface area contributed by atoms with Gasteiger partial charge in [0.2, 0.25) is 0 Å². The molecule has 25 heavy (non-hydrogen) atoms. The second kappa shape index (κ2) is 6.02. The number of aromatic nitrogens is 4. The van der Waals surface area contributed by atoms with Gasteiger partial charge in [0.05, 0.1) is 21.3 Å². The van der Waals surface area contributed by atoms with E-state index in [0.717, 1.165) is 27.1 Å². The number of nitrogens with zero attached hydrogens (tertiary/aromatic N) is 4. The Labute approximate surface area is 145 Å². The molecule has 126 valence electrons. The molecule has 0 aliphatic carbocycles. The molecule has 0 radical (unpaired) electrons. The van der Waals surface area contributed by atoms with Crippen LogP contribution in [0.15, 0.2) is 35.1 Å². The van der Waals surface area contributed by atoms with Crippen molar-refractivity contribution in [3.63, 3.8) is 0 Å². The Morgan fingerprint density at radius 3 is 2.92 bits per heavy atom. The van der Waals surface area contributed by atoms with Crippen LogP contribution in [0.25, 0.3) is 20.8 Å². The molecule has 0 aliphatic rings. The van der Waals surface area contributed by atoms with Crippen molar-refractivity contribution in [3.8, 4) is 28.1 Å². The van der Waals surface area contributed by atoms with E-state index in [1.165, 1.54) is 17.4 Å². The van der Waals surface area contributed by atoms with E-state index < -0.39 is 0 Å². The van der Waals surface area contributed by atoms with Crippen LogP contribution in [0.2, 0.25) is 0 Å². The SMILES string of the molecule is CCc1c(-c2nonc2N)sc2cnc(Oc3cccc(O)c3)nc12. The fourth-order valence-electron chi connectivity index (χ4n) is 2.50. The molecule has 4 rings (SSSR count). The Bertz CT molecular complexity index is 1060. The van der Waals surface area contributed by atoms with Crippen molar-refractivity contribution in [1.29, 1.82) is 0 Å². The van der Waals surface area contributed by atoms with Gasteiger partial charge < -0.3 is 15.6 Å². The van der Waals surface area contributed by atoms with Crippen molar-refractivity contribution in [2.24, 2.45) is 0 Å². The van der Waals surface area contributed by atoms with Gasteiger partial charge in [-0.25, -0.2) is 9.61 Å². The third kappa shape index (κ3) is 2.74. The van der Waals surface area contributed by atoms with Gasteiger partial charge in [0.15, 0.2) is 11.5 Å². The number of rotatable bonds is 4. The third-order valence-corrected chi connectivity index (χ3v) is 4.78. The number of fused-ring (bicyclic) bond motifs is 1. The minimum Gasteiger partial charge on any atom is -0.508 e. The summed E-state index contributed by atoms with van der Waals surface area (Å²) < 4.78 is 11.2. The molecule has 3 heterocycles. The van der Waals surface area contributed by atoms with Crippen molar-refractivity contribution in [2.75, 3.05) is 5.73 Å². The standard InChI is InChI=1S/C16H13N5O3S/c1-2-10-12-11(25-14(10)13-15(17)21-24-20-13)7-18-16(19-12)23-9-5-3-4-8(22)6-9/h3-7,22H,2H2,1H3,(H2,17,21). The van der Waals surface area contributed by atoms with E-state index in [4.69, 9.17) is 15.1 Å². The predicted molar refractivity (Wildman–Crippen MR) is 92.7 cm³/mol. The number of aryl methyl sites for hydroxylation is 1. The van der Waals surface area contributed by atoms with Crippen molar-refractivity contribution >= 4 is 27.4 Å². The van der Waals surface area contributed by atoms with Crippen molar-refractivity contribution < 1.29 is 14.5 Å². The Morgan fingerprint density at radius 1 is 1.32 bits per heavy atom. The lowest BCUT2D eigenvalue weighted by atomic mass is 10.1. The van der Waals surface area contributed by atoms with Crippen LogP contribution in [0, 0.1) is 0 Å². The molecular weight excluding hydrogens is 342 g/mol. The van der Waals surface area contributed by atoms with Gasteiger partial charge in [-0.1, -0.05) is 13.0 Å². The zero-order valence-electron chi connectivity index (χ0n) is 13.1. The number of nitrogen functional groups attached to an aromatic ring is 1. The maximum Gasteiger partial charge on any atom is 0.322 e. The average molecular weight is 355 g/mol. The summed E-state index contributed by atoms with van der Waals surface area (Å²) in [5, 5.41) is 17.0. The lowest BCUT2D eigenvalue weighted by Crippen LogP contribution is -1.93. The smallest absolute Gasteiger partial charge is 0.322 e. The highest BCUT2D eigenvalue weighted by molar-refractivity contribution is 7.22.